The Morgan fingerprint density at radius 2 is 1.77 bits per heavy atom. The number of aromatic nitrogens is 2. The summed E-state index contributed by atoms with van der Waals surface area (Å²) in [5, 5.41) is 6.63. The predicted molar refractivity (Wildman–Crippen MR) is 106 cm³/mol. The van der Waals surface area contributed by atoms with Crippen LogP contribution in [0.5, 0.6) is 5.75 Å². The number of hydrogen-bond acceptors (Lipinski definition) is 5. The maximum Gasteiger partial charge on any atom is 0.224 e. The number of methoxy groups -OCH3 is 1. The second-order valence-corrected chi connectivity index (χ2v) is 6.24. The third-order valence-corrected chi connectivity index (χ3v) is 4.01. The van der Waals surface area contributed by atoms with Gasteiger partial charge in [-0.15, -0.1) is 0 Å². The van der Waals surface area contributed by atoms with E-state index in [1.807, 2.05) is 43.3 Å². The minimum Gasteiger partial charge on any atom is -0.497 e. The van der Waals surface area contributed by atoms with Gasteiger partial charge in [-0.2, -0.15) is 4.98 Å². The van der Waals surface area contributed by atoms with Crippen molar-refractivity contribution < 1.29 is 4.74 Å². The van der Waals surface area contributed by atoms with Crippen LogP contribution in [0.4, 0.5) is 17.5 Å². The van der Waals surface area contributed by atoms with Gasteiger partial charge in [0.05, 0.1) is 7.11 Å². The SMILES string of the molecule is COc1cccc(CCNc2nc(C)cc(Nc3ccc(C)cc3)n2)c1. The second-order valence-electron chi connectivity index (χ2n) is 6.24. The van der Waals surface area contributed by atoms with Crippen LogP contribution in [0, 0.1) is 13.8 Å². The van der Waals surface area contributed by atoms with E-state index in [-0.39, 0.29) is 0 Å². The van der Waals surface area contributed by atoms with E-state index in [0.717, 1.165) is 35.9 Å². The maximum atomic E-state index is 5.26. The molecule has 0 aliphatic rings. The van der Waals surface area contributed by atoms with Crippen molar-refractivity contribution in [2.45, 2.75) is 20.3 Å². The van der Waals surface area contributed by atoms with Gasteiger partial charge in [0.25, 0.3) is 0 Å². The molecule has 0 aliphatic carbocycles. The highest BCUT2D eigenvalue weighted by atomic mass is 16.5. The number of ether oxygens (including phenoxy) is 1. The van der Waals surface area contributed by atoms with Crippen LogP contribution < -0.4 is 15.4 Å². The van der Waals surface area contributed by atoms with Gasteiger partial charge in [0.15, 0.2) is 0 Å². The predicted octanol–water partition coefficient (Wildman–Crippen LogP) is 4.50. The lowest BCUT2D eigenvalue weighted by Crippen LogP contribution is -2.09. The summed E-state index contributed by atoms with van der Waals surface area (Å²) in [6.07, 6.45) is 0.870. The van der Waals surface area contributed by atoms with Crippen LogP contribution in [-0.2, 0) is 6.42 Å². The Hall–Kier alpha value is -3.08. The van der Waals surface area contributed by atoms with Gasteiger partial charge in [0.2, 0.25) is 5.95 Å². The Balaban J connectivity index is 1.62. The van der Waals surface area contributed by atoms with Crippen molar-refractivity contribution in [1.29, 1.82) is 0 Å². The molecule has 0 spiro atoms. The molecule has 5 nitrogen and oxygen atoms in total. The van der Waals surface area contributed by atoms with Crippen LogP contribution in [0.2, 0.25) is 0 Å². The molecule has 2 aromatic carbocycles. The van der Waals surface area contributed by atoms with Crippen molar-refractivity contribution in [3.8, 4) is 5.75 Å². The standard InChI is InChI=1S/C21H24N4O/c1-15-7-9-18(10-8-15)24-20-13-16(2)23-21(25-20)22-12-11-17-5-4-6-19(14-17)26-3/h4-10,13-14H,11-12H2,1-3H3,(H2,22,23,24,25). The zero-order valence-corrected chi connectivity index (χ0v) is 15.4. The first-order chi connectivity index (χ1) is 12.6. The van der Waals surface area contributed by atoms with E-state index < -0.39 is 0 Å². The van der Waals surface area contributed by atoms with Crippen LogP contribution in [0.1, 0.15) is 16.8 Å². The fourth-order valence-electron chi connectivity index (χ4n) is 2.64. The summed E-state index contributed by atoms with van der Waals surface area (Å²) in [6, 6.07) is 18.3. The number of anilines is 3. The fraction of sp³-hybridized carbons (Fsp3) is 0.238. The van der Waals surface area contributed by atoms with Gasteiger partial charge in [0, 0.05) is 24.0 Å². The Bertz CT molecular complexity index is 862. The summed E-state index contributed by atoms with van der Waals surface area (Å²) < 4.78 is 5.26. The van der Waals surface area contributed by atoms with E-state index >= 15 is 0 Å². The van der Waals surface area contributed by atoms with E-state index in [4.69, 9.17) is 4.74 Å². The molecule has 0 saturated heterocycles. The number of nitrogens with one attached hydrogen (secondary N) is 2. The molecule has 0 unspecified atom stereocenters. The third kappa shape index (κ3) is 4.96. The van der Waals surface area contributed by atoms with Gasteiger partial charge in [-0.25, -0.2) is 4.98 Å². The van der Waals surface area contributed by atoms with E-state index in [0.29, 0.717) is 5.95 Å². The van der Waals surface area contributed by atoms with Crippen molar-refractivity contribution in [3.63, 3.8) is 0 Å². The number of benzene rings is 2. The number of aryl methyl sites for hydroxylation is 2. The summed E-state index contributed by atoms with van der Waals surface area (Å²) in [7, 11) is 1.68. The number of rotatable bonds is 7. The first-order valence-electron chi connectivity index (χ1n) is 8.68. The average molecular weight is 348 g/mol. The zero-order chi connectivity index (χ0) is 18.4. The highest BCUT2D eigenvalue weighted by Gasteiger charge is 2.03. The van der Waals surface area contributed by atoms with Crippen LogP contribution in [0.3, 0.4) is 0 Å². The Kier molecular flexibility index (Phi) is 5.69. The molecule has 0 radical (unpaired) electrons. The summed E-state index contributed by atoms with van der Waals surface area (Å²) in [6.45, 7) is 4.79. The Morgan fingerprint density at radius 1 is 0.962 bits per heavy atom. The minimum atomic E-state index is 0.627. The van der Waals surface area contributed by atoms with E-state index in [1.165, 1.54) is 11.1 Å². The quantitative estimate of drug-likeness (QED) is 0.658. The second kappa shape index (κ2) is 8.34. The van der Waals surface area contributed by atoms with Gasteiger partial charge in [-0.1, -0.05) is 29.8 Å². The molecule has 5 heteroatoms. The summed E-state index contributed by atoms with van der Waals surface area (Å²) >= 11 is 0. The topological polar surface area (TPSA) is 59.1 Å². The van der Waals surface area contributed by atoms with Crippen LogP contribution in [0.25, 0.3) is 0 Å². The molecule has 0 atom stereocenters. The van der Waals surface area contributed by atoms with Gasteiger partial charge in [-0.3, -0.25) is 0 Å². The highest BCUT2D eigenvalue weighted by Crippen LogP contribution is 2.17. The molecule has 26 heavy (non-hydrogen) atoms. The lowest BCUT2D eigenvalue weighted by Gasteiger charge is -2.10. The summed E-state index contributed by atoms with van der Waals surface area (Å²) in [5.41, 5.74) is 4.37. The molecule has 134 valence electrons. The van der Waals surface area contributed by atoms with Crippen molar-refractivity contribution >= 4 is 17.5 Å². The van der Waals surface area contributed by atoms with Gasteiger partial charge in [-0.05, 0) is 50.1 Å². The number of hydrogen-bond donors (Lipinski definition) is 2. The fourth-order valence-corrected chi connectivity index (χ4v) is 2.64. The molecular formula is C21H24N4O. The number of nitrogens with zero attached hydrogens (tertiary/aromatic N) is 2. The van der Waals surface area contributed by atoms with Crippen molar-refractivity contribution in [2.75, 3.05) is 24.3 Å². The maximum absolute atomic E-state index is 5.26. The Labute approximate surface area is 154 Å². The van der Waals surface area contributed by atoms with E-state index in [2.05, 4.69) is 45.7 Å². The smallest absolute Gasteiger partial charge is 0.224 e. The highest BCUT2D eigenvalue weighted by molar-refractivity contribution is 5.57. The Morgan fingerprint density at radius 3 is 2.54 bits per heavy atom. The molecule has 0 amide bonds. The van der Waals surface area contributed by atoms with E-state index in [9.17, 15) is 0 Å². The minimum absolute atomic E-state index is 0.627. The largest absolute Gasteiger partial charge is 0.497 e. The monoisotopic (exact) mass is 348 g/mol. The third-order valence-electron chi connectivity index (χ3n) is 4.01. The van der Waals surface area contributed by atoms with Crippen LogP contribution in [-0.4, -0.2) is 23.6 Å². The molecule has 3 rings (SSSR count). The molecule has 0 aliphatic heterocycles. The normalized spacial score (nSPS) is 10.4. The van der Waals surface area contributed by atoms with E-state index in [1.54, 1.807) is 7.11 Å². The van der Waals surface area contributed by atoms with Crippen molar-refractivity contribution in [2.24, 2.45) is 0 Å². The summed E-state index contributed by atoms with van der Waals surface area (Å²) in [4.78, 5) is 9.03. The van der Waals surface area contributed by atoms with Crippen molar-refractivity contribution in [1.82, 2.24) is 9.97 Å². The van der Waals surface area contributed by atoms with Gasteiger partial charge >= 0.3 is 0 Å². The summed E-state index contributed by atoms with van der Waals surface area (Å²) in [5.74, 6) is 2.28. The zero-order valence-electron chi connectivity index (χ0n) is 15.4. The lowest BCUT2D eigenvalue weighted by molar-refractivity contribution is 0.414. The van der Waals surface area contributed by atoms with Gasteiger partial charge < -0.3 is 15.4 Å². The molecule has 1 heterocycles. The molecule has 0 fully saturated rings. The average Bonchev–Trinajstić information content (AvgIpc) is 2.63. The first kappa shape index (κ1) is 17.7. The molecule has 3 aromatic rings. The first-order valence-corrected chi connectivity index (χ1v) is 8.68. The van der Waals surface area contributed by atoms with Gasteiger partial charge in [0.1, 0.15) is 11.6 Å². The molecule has 1 aromatic heterocycles. The lowest BCUT2D eigenvalue weighted by atomic mass is 10.1. The van der Waals surface area contributed by atoms with Crippen LogP contribution in [0.15, 0.2) is 54.6 Å². The molecule has 0 bridgehead atoms. The molecule has 2 N–H and O–H groups in total. The molecular weight excluding hydrogens is 324 g/mol. The van der Waals surface area contributed by atoms with Crippen molar-refractivity contribution in [3.05, 3.63) is 71.4 Å². The molecule has 0 saturated carbocycles. The van der Waals surface area contributed by atoms with Crippen LogP contribution >= 0.6 is 0 Å².